The zero-order valence-electron chi connectivity index (χ0n) is 15.6. The summed E-state index contributed by atoms with van der Waals surface area (Å²) in [6.45, 7) is 1.64. The standard InChI is InChI=1S/C20H21N5O3/c1-28-13-7-5-12(6-8-13)15-14(11-21)18(26)22-17-16(15)19(27)24-20(23-17)25-9-3-2-4-10-25/h5-8,14-15H,2-4,9-10H2,1H3,(H2,22,23,24,26,27). The van der Waals surface area contributed by atoms with E-state index < -0.39 is 17.7 Å². The highest BCUT2D eigenvalue weighted by Gasteiger charge is 2.40. The van der Waals surface area contributed by atoms with Crippen molar-refractivity contribution in [1.82, 2.24) is 9.97 Å². The van der Waals surface area contributed by atoms with Gasteiger partial charge in [0.25, 0.3) is 5.56 Å². The van der Waals surface area contributed by atoms with Crippen molar-refractivity contribution in [1.29, 1.82) is 5.26 Å². The Hall–Kier alpha value is -3.34. The van der Waals surface area contributed by atoms with E-state index in [2.05, 4.69) is 15.3 Å². The fraction of sp³-hybridized carbons (Fsp3) is 0.400. The maximum absolute atomic E-state index is 13.0. The molecule has 2 aromatic rings. The highest BCUT2D eigenvalue weighted by Crippen LogP contribution is 2.38. The van der Waals surface area contributed by atoms with E-state index >= 15 is 0 Å². The minimum absolute atomic E-state index is 0.238. The molecule has 0 radical (unpaired) electrons. The number of amides is 1. The van der Waals surface area contributed by atoms with Crippen molar-refractivity contribution in [3.05, 3.63) is 45.7 Å². The van der Waals surface area contributed by atoms with E-state index in [1.165, 1.54) is 0 Å². The molecule has 2 unspecified atom stereocenters. The predicted molar refractivity (Wildman–Crippen MR) is 103 cm³/mol. The second-order valence-electron chi connectivity index (χ2n) is 7.05. The molecule has 1 amide bonds. The number of aromatic nitrogens is 2. The summed E-state index contributed by atoms with van der Waals surface area (Å²) in [7, 11) is 1.56. The van der Waals surface area contributed by atoms with Gasteiger partial charge >= 0.3 is 0 Å². The van der Waals surface area contributed by atoms with E-state index in [9.17, 15) is 14.9 Å². The fourth-order valence-corrected chi connectivity index (χ4v) is 3.93. The van der Waals surface area contributed by atoms with Gasteiger partial charge in [-0.05, 0) is 37.0 Å². The summed E-state index contributed by atoms with van der Waals surface area (Å²) in [5.41, 5.74) is 0.685. The van der Waals surface area contributed by atoms with Crippen LogP contribution in [0.15, 0.2) is 29.1 Å². The Labute approximate surface area is 162 Å². The molecule has 8 nitrogen and oxygen atoms in total. The zero-order chi connectivity index (χ0) is 19.7. The number of nitrogens with zero attached hydrogens (tertiary/aromatic N) is 3. The SMILES string of the molecule is COc1ccc(C2c3c(nc(N4CCCCC4)[nH]c3=O)NC(=O)C2C#N)cc1. The number of ether oxygens (including phenoxy) is 1. The number of carbonyl (C=O) groups excluding carboxylic acids is 1. The van der Waals surface area contributed by atoms with E-state index in [1.807, 2.05) is 11.0 Å². The third-order valence-corrected chi connectivity index (χ3v) is 5.38. The Morgan fingerprint density at radius 3 is 2.54 bits per heavy atom. The number of piperidine rings is 1. The number of hydrogen-bond acceptors (Lipinski definition) is 6. The second-order valence-corrected chi connectivity index (χ2v) is 7.05. The number of aromatic amines is 1. The number of H-pyrrole nitrogens is 1. The monoisotopic (exact) mass is 379 g/mol. The van der Waals surface area contributed by atoms with Gasteiger partial charge in [-0.1, -0.05) is 12.1 Å². The molecule has 1 aromatic heterocycles. The van der Waals surface area contributed by atoms with Crippen LogP contribution in [0, 0.1) is 17.2 Å². The summed E-state index contributed by atoms with van der Waals surface area (Å²) >= 11 is 0. The molecule has 0 spiro atoms. The van der Waals surface area contributed by atoms with Gasteiger partial charge in [-0.3, -0.25) is 14.6 Å². The summed E-state index contributed by atoms with van der Waals surface area (Å²) in [6.07, 6.45) is 3.24. The Bertz CT molecular complexity index is 986. The zero-order valence-corrected chi connectivity index (χ0v) is 15.6. The molecule has 2 N–H and O–H groups in total. The number of methoxy groups -OCH3 is 1. The fourth-order valence-electron chi connectivity index (χ4n) is 3.93. The van der Waals surface area contributed by atoms with Gasteiger partial charge in [0.2, 0.25) is 11.9 Å². The maximum Gasteiger partial charge on any atom is 0.258 e. The van der Waals surface area contributed by atoms with Crippen LogP contribution in [0.5, 0.6) is 5.75 Å². The largest absolute Gasteiger partial charge is 0.497 e. The van der Waals surface area contributed by atoms with Crippen LogP contribution < -0.4 is 20.5 Å². The molecular weight excluding hydrogens is 358 g/mol. The number of carbonyl (C=O) groups is 1. The molecule has 2 aliphatic heterocycles. The normalized spacial score (nSPS) is 21.4. The van der Waals surface area contributed by atoms with Crippen LogP contribution >= 0.6 is 0 Å². The van der Waals surface area contributed by atoms with Crippen molar-refractivity contribution in [3.8, 4) is 11.8 Å². The molecule has 1 saturated heterocycles. The lowest BCUT2D eigenvalue weighted by Crippen LogP contribution is -2.40. The minimum atomic E-state index is -1.01. The number of nitrogens with one attached hydrogen (secondary N) is 2. The third kappa shape index (κ3) is 3.09. The van der Waals surface area contributed by atoms with Crippen molar-refractivity contribution < 1.29 is 9.53 Å². The van der Waals surface area contributed by atoms with Crippen LogP contribution in [0.3, 0.4) is 0 Å². The quantitative estimate of drug-likeness (QED) is 0.844. The lowest BCUT2D eigenvalue weighted by atomic mass is 9.79. The molecule has 1 fully saturated rings. The summed E-state index contributed by atoms with van der Waals surface area (Å²) in [5.74, 6) is -0.783. The number of nitriles is 1. The molecule has 28 heavy (non-hydrogen) atoms. The van der Waals surface area contributed by atoms with E-state index in [0.717, 1.165) is 32.4 Å². The first-order valence-corrected chi connectivity index (χ1v) is 9.36. The first-order valence-electron chi connectivity index (χ1n) is 9.36. The van der Waals surface area contributed by atoms with E-state index in [0.29, 0.717) is 22.8 Å². The number of benzene rings is 1. The van der Waals surface area contributed by atoms with Crippen molar-refractivity contribution in [2.75, 3.05) is 30.4 Å². The first kappa shape index (κ1) is 18.0. The molecular formula is C20H21N5O3. The second kappa shape index (κ2) is 7.35. The number of rotatable bonds is 3. The molecule has 0 bridgehead atoms. The van der Waals surface area contributed by atoms with Crippen molar-refractivity contribution in [3.63, 3.8) is 0 Å². The third-order valence-electron chi connectivity index (χ3n) is 5.38. The molecule has 0 saturated carbocycles. The molecule has 4 rings (SSSR count). The van der Waals surface area contributed by atoms with Gasteiger partial charge in [0.15, 0.2) is 0 Å². The number of anilines is 2. The molecule has 144 valence electrons. The van der Waals surface area contributed by atoms with Gasteiger partial charge in [-0.25, -0.2) is 0 Å². The Morgan fingerprint density at radius 2 is 1.89 bits per heavy atom. The molecule has 8 heteroatoms. The summed E-state index contributed by atoms with van der Waals surface area (Å²) in [5, 5.41) is 12.3. The summed E-state index contributed by atoms with van der Waals surface area (Å²) < 4.78 is 5.18. The average Bonchev–Trinajstić information content (AvgIpc) is 2.73. The Morgan fingerprint density at radius 1 is 1.18 bits per heavy atom. The highest BCUT2D eigenvalue weighted by atomic mass is 16.5. The van der Waals surface area contributed by atoms with Gasteiger partial charge in [-0.15, -0.1) is 0 Å². The van der Waals surface area contributed by atoms with Gasteiger partial charge in [0.05, 0.1) is 18.7 Å². The summed E-state index contributed by atoms with van der Waals surface area (Å²) in [4.78, 5) is 35.0. The molecule has 0 aliphatic carbocycles. The Balaban J connectivity index is 1.81. The van der Waals surface area contributed by atoms with E-state index in [4.69, 9.17) is 4.74 Å². The first-order chi connectivity index (χ1) is 13.6. The van der Waals surface area contributed by atoms with Gasteiger partial charge in [-0.2, -0.15) is 10.2 Å². The van der Waals surface area contributed by atoms with E-state index in [1.54, 1.807) is 31.4 Å². The maximum atomic E-state index is 13.0. The lowest BCUT2D eigenvalue weighted by molar-refractivity contribution is -0.119. The van der Waals surface area contributed by atoms with Gasteiger partial charge < -0.3 is 15.0 Å². The van der Waals surface area contributed by atoms with Crippen molar-refractivity contribution >= 4 is 17.7 Å². The topological polar surface area (TPSA) is 111 Å². The van der Waals surface area contributed by atoms with Crippen LogP contribution in [0.25, 0.3) is 0 Å². The number of hydrogen-bond donors (Lipinski definition) is 2. The summed E-state index contributed by atoms with van der Waals surface area (Å²) in [6, 6.07) is 9.09. The van der Waals surface area contributed by atoms with E-state index in [-0.39, 0.29) is 11.4 Å². The molecule has 1 aromatic carbocycles. The average molecular weight is 379 g/mol. The predicted octanol–water partition coefficient (Wildman–Crippen LogP) is 1.99. The molecule has 2 aliphatic rings. The minimum Gasteiger partial charge on any atom is -0.497 e. The molecule has 2 atom stereocenters. The Kier molecular flexibility index (Phi) is 4.74. The number of fused-ring (bicyclic) bond motifs is 1. The van der Waals surface area contributed by atoms with Gasteiger partial charge in [0, 0.05) is 19.0 Å². The highest BCUT2D eigenvalue weighted by molar-refractivity contribution is 5.98. The van der Waals surface area contributed by atoms with Crippen molar-refractivity contribution in [2.45, 2.75) is 25.2 Å². The van der Waals surface area contributed by atoms with Crippen LogP contribution in [0.1, 0.15) is 36.3 Å². The smallest absolute Gasteiger partial charge is 0.258 e. The van der Waals surface area contributed by atoms with Crippen molar-refractivity contribution in [2.24, 2.45) is 5.92 Å². The van der Waals surface area contributed by atoms with Crippen LogP contribution in [-0.4, -0.2) is 36.1 Å². The van der Waals surface area contributed by atoms with Crippen LogP contribution in [0.4, 0.5) is 11.8 Å². The molecule has 3 heterocycles. The van der Waals surface area contributed by atoms with Crippen LogP contribution in [0.2, 0.25) is 0 Å². The van der Waals surface area contributed by atoms with Gasteiger partial charge in [0.1, 0.15) is 17.5 Å². The van der Waals surface area contributed by atoms with Crippen LogP contribution in [-0.2, 0) is 4.79 Å². The lowest BCUT2D eigenvalue weighted by Gasteiger charge is -2.31.